The van der Waals surface area contributed by atoms with Gasteiger partial charge in [0.05, 0.1) is 6.42 Å². The van der Waals surface area contributed by atoms with Gasteiger partial charge in [0.25, 0.3) is 0 Å². The van der Waals surface area contributed by atoms with Crippen LogP contribution < -0.4 is 10.2 Å². The molecule has 0 saturated carbocycles. The van der Waals surface area contributed by atoms with E-state index in [-0.39, 0.29) is 6.61 Å². The first-order valence-electron chi connectivity index (χ1n) is 8.09. The fourth-order valence-electron chi connectivity index (χ4n) is 2.31. The highest BCUT2D eigenvalue weighted by molar-refractivity contribution is 6.00. The van der Waals surface area contributed by atoms with Crippen molar-refractivity contribution in [2.45, 2.75) is 19.1 Å². The first-order valence-corrected chi connectivity index (χ1v) is 8.09. The van der Waals surface area contributed by atoms with Crippen molar-refractivity contribution in [3.63, 3.8) is 0 Å². The lowest BCUT2D eigenvalue weighted by Crippen LogP contribution is -2.48. The van der Waals surface area contributed by atoms with E-state index in [2.05, 4.69) is 5.32 Å². The zero-order chi connectivity index (χ0) is 19.8. The molecule has 2 rings (SSSR count). The lowest BCUT2D eigenvalue weighted by atomic mass is 10.1. The predicted octanol–water partition coefficient (Wildman–Crippen LogP) is 2.56. The molecule has 0 spiro atoms. The van der Waals surface area contributed by atoms with Crippen LogP contribution in [0, 0.1) is 5.82 Å². The Bertz CT molecular complexity index is 796. The number of rotatable bonds is 7. The van der Waals surface area contributed by atoms with E-state index in [0.29, 0.717) is 5.69 Å². The SMILES string of the molecule is CN(C(=O)C(CC(=O)O)NC(=O)OCc1ccccc1)c1ccc(F)cc1. The van der Waals surface area contributed by atoms with Crippen LogP contribution >= 0.6 is 0 Å². The smallest absolute Gasteiger partial charge is 0.408 e. The van der Waals surface area contributed by atoms with Crippen LogP contribution in [0.25, 0.3) is 0 Å². The molecule has 0 aliphatic heterocycles. The standard InChI is InChI=1S/C19H19FN2O5/c1-22(15-9-7-14(20)8-10-15)18(25)16(11-17(23)24)21-19(26)27-12-13-5-3-2-4-6-13/h2-10,16H,11-12H2,1H3,(H,21,26)(H,23,24). The molecular weight excluding hydrogens is 355 g/mol. The van der Waals surface area contributed by atoms with Crippen molar-refractivity contribution in [3.05, 3.63) is 66.0 Å². The van der Waals surface area contributed by atoms with Crippen LogP contribution in [-0.4, -0.2) is 36.2 Å². The fourth-order valence-corrected chi connectivity index (χ4v) is 2.31. The highest BCUT2D eigenvalue weighted by Crippen LogP contribution is 2.15. The Hall–Kier alpha value is -3.42. The van der Waals surface area contributed by atoms with E-state index < -0.39 is 36.2 Å². The third kappa shape index (κ3) is 6.10. The topological polar surface area (TPSA) is 95.9 Å². The summed E-state index contributed by atoms with van der Waals surface area (Å²) in [7, 11) is 1.40. The molecule has 2 N–H and O–H groups in total. The van der Waals surface area contributed by atoms with E-state index in [9.17, 15) is 18.8 Å². The van der Waals surface area contributed by atoms with E-state index in [0.717, 1.165) is 10.5 Å². The molecule has 27 heavy (non-hydrogen) atoms. The Kier molecular flexibility index (Phi) is 6.87. The molecule has 8 heteroatoms. The van der Waals surface area contributed by atoms with Crippen molar-refractivity contribution >= 4 is 23.7 Å². The number of carboxylic acid groups (broad SMARTS) is 1. The summed E-state index contributed by atoms with van der Waals surface area (Å²) < 4.78 is 18.1. The molecule has 0 aliphatic rings. The van der Waals surface area contributed by atoms with E-state index in [1.165, 1.54) is 31.3 Å². The van der Waals surface area contributed by atoms with Crippen LogP contribution in [0.15, 0.2) is 54.6 Å². The molecular formula is C19H19FN2O5. The highest BCUT2D eigenvalue weighted by Gasteiger charge is 2.27. The van der Waals surface area contributed by atoms with Crippen LogP contribution in [0.3, 0.4) is 0 Å². The summed E-state index contributed by atoms with van der Waals surface area (Å²) in [5.41, 5.74) is 1.11. The van der Waals surface area contributed by atoms with Gasteiger partial charge in [-0.2, -0.15) is 0 Å². The number of carboxylic acids is 1. The van der Waals surface area contributed by atoms with Crippen molar-refractivity contribution in [1.29, 1.82) is 0 Å². The number of nitrogens with one attached hydrogen (secondary N) is 1. The van der Waals surface area contributed by atoms with E-state index in [1.807, 2.05) is 6.07 Å². The maximum absolute atomic E-state index is 13.0. The molecule has 7 nitrogen and oxygen atoms in total. The van der Waals surface area contributed by atoms with Crippen LogP contribution in [-0.2, 0) is 20.9 Å². The predicted molar refractivity (Wildman–Crippen MR) is 95.6 cm³/mol. The quantitative estimate of drug-likeness (QED) is 0.777. The lowest BCUT2D eigenvalue weighted by Gasteiger charge is -2.23. The Labute approximate surface area is 155 Å². The molecule has 0 heterocycles. The molecule has 0 aliphatic carbocycles. The van der Waals surface area contributed by atoms with Crippen LogP contribution in [0.5, 0.6) is 0 Å². The second-order valence-electron chi connectivity index (χ2n) is 5.73. The third-order valence-corrected chi connectivity index (χ3v) is 3.73. The minimum atomic E-state index is -1.33. The van der Waals surface area contributed by atoms with E-state index in [1.54, 1.807) is 24.3 Å². The Balaban J connectivity index is 2.02. The zero-order valence-electron chi connectivity index (χ0n) is 14.6. The van der Waals surface area contributed by atoms with Crippen molar-refractivity contribution in [2.75, 3.05) is 11.9 Å². The van der Waals surface area contributed by atoms with Gasteiger partial charge in [-0.25, -0.2) is 9.18 Å². The molecule has 0 fully saturated rings. The minimum Gasteiger partial charge on any atom is -0.481 e. The number of ether oxygens (including phenoxy) is 1. The van der Waals surface area contributed by atoms with Gasteiger partial charge in [-0.15, -0.1) is 0 Å². The Morgan fingerprint density at radius 3 is 2.33 bits per heavy atom. The summed E-state index contributed by atoms with van der Waals surface area (Å²) in [6.07, 6.45) is -1.53. The minimum absolute atomic E-state index is 0.0194. The van der Waals surface area contributed by atoms with Crippen LogP contribution in [0.1, 0.15) is 12.0 Å². The zero-order valence-corrected chi connectivity index (χ0v) is 14.6. The summed E-state index contributed by atoms with van der Waals surface area (Å²) in [4.78, 5) is 36.8. The second kappa shape index (κ2) is 9.33. The number of amides is 2. The van der Waals surface area contributed by atoms with Gasteiger partial charge in [0.1, 0.15) is 18.5 Å². The fraction of sp³-hybridized carbons (Fsp3) is 0.211. The largest absolute Gasteiger partial charge is 0.481 e. The number of likely N-dealkylation sites (N-methyl/N-ethyl adjacent to an activating group) is 1. The van der Waals surface area contributed by atoms with Gasteiger partial charge in [0, 0.05) is 12.7 Å². The molecule has 0 aromatic heterocycles. The number of hydrogen-bond acceptors (Lipinski definition) is 4. The van der Waals surface area contributed by atoms with Gasteiger partial charge < -0.3 is 20.1 Å². The maximum atomic E-state index is 13.0. The van der Waals surface area contributed by atoms with Gasteiger partial charge in [-0.1, -0.05) is 30.3 Å². The average molecular weight is 374 g/mol. The number of nitrogens with zero attached hydrogens (tertiary/aromatic N) is 1. The molecule has 2 aromatic rings. The number of carbonyl (C=O) groups is 3. The van der Waals surface area contributed by atoms with Gasteiger partial charge in [-0.3, -0.25) is 9.59 Å². The summed E-state index contributed by atoms with van der Waals surface area (Å²) in [5.74, 6) is -2.39. The van der Waals surface area contributed by atoms with Gasteiger partial charge >= 0.3 is 12.1 Å². The van der Waals surface area contributed by atoms with E-state index >= 15 is 0 Å². The Morgan fingerprint density at radius 1 is 1.11 bits per heavy atom. The number of carbonyl (C=O) groups excluding carboxylic acids is 2. The number of aliphatic carboxylic acids is 1. The number of anilines is 1. The third-order valence-electron chi connectivity index (χ3n) is 3.73. The van der Waals surface area contributed by atoms with Crippen molar-refractivity contribution in [3.8, 4) is 0 Å². The van der Waals surface area contributed by atoms with Crippen molar-refractivity contribution < 1.29 is 28.6 Å². The summed E-state index contributed by atoms with van der Waals surface area (Å²) >= 11 is 0. The Morgan fingerprint density at radius 2 is 1.74 bits per heavy atom. The molecule has 0 saturated heterocycles. The maximum Gasteiger partial charge on any atom is 0.408 e. The van der Waals surface area contributed by atoms with Gasteiger partial charge in [0.2, 0.25) is 5.91 Å². The first kappa shape index (κ1) is 19.9. The molecule has 1 unspecified atom stereocenters. The lowest BCUT2D eigenvalue weighted by molar-refractivity contribution is -0.139. The summed E-state index contributed by atoms with van der Waals surface area (Å²) in [6, 6.07) is 12.7. The monoisotopic (exact) mass is 374 g/mol. The number of halogens is 1. The average Bonchev–Trinajstić information content (AvgIpc) is 2.66. The summed E-state index contributed by atoms with van der Waals surface area (Å²) in [6.45, 7) is -0.0194. The number of hydrogen-bond donors (Lipinski definition) is 2. The highest BCUT2D eigenvalue weighted by atomic mass is 19.1. The van der Waals surface area contributed by atoms with Crippen molar-refractivity contribution in [1.82, 2.24) is 5.32 Å². The van der Waals surface area contributed by atoms with E-state index in [4.69, 9.17) is 9.84 Å². The van der Waals surface area contributed by atoms with Crippen molar-refractivity contribution in [2.24, 2.45) is 0 Å². The molecule has 2 amide bonds. The number of benzene rings is 2. The summed E-state index contributed by atoms with van der Waals surface area (Å²) in [5, 5.41) is 11.3. The normalized spacial score (nSPS) is 11.3. The van der Waals surface area contributed by atoms with Crippen LogP contribution in [0.2, 0.25) is 0 Å². The van der Waals surface area contributed by atoms with Crippen LogP contribution in [0.4, 0.5) is 14.9 Å². The molecule has 2 aromatic carbocycles. The molecule has 0 radical (unpaired) electrons. The number of alkyl carbamates (subject to hydrolysis) is 1. The second-order valence-corrected chi connectivity index (χ2v) is 5.73. The van der Waals surface area contributed by atoms with Gasteiger partial charge in [-0.05, 0) is 29.8 Å². The molecule has 1 atom stereocenters. The van der Waals surface area contributed by atoms with Gasteiger partial charge in [0.15, 0.2) is 0 Å². The first-order chi connectivity index (χ1) is 12.9. The molecule has 142 valence electrons. The molecule has 0 bridgehead atoms.